The fourth-order valence-electron chi connectivity index (χ4n) is 3.09. The molecule has 1 aliphatic rings. The smallest absolute Gasteiger partial charge is 0.258 e. The normalized spacial score (nSPS) is 12.8. The van der Waals surface area contributed by atoms with Crippen molar-refractivity contribution in [3.63, 3.8) is 0 Å². The van der Waals surface area contributed by atoms with Crippen LogP contribution in [-0.2, 0) is 6.42 Å². The van der Waals surface area contributed by atoms with E-state index in [-0.39, 0.29) is 11.9 Å². The second-order valence-electron chi connectivity index (χ2n) is 6.00. The zero-order valence-electron chi connectivity index (χ0n) is 13.7. The Bertz CT molecular complexity index is 1120. The summed E-state index contributed by atoms with van der Waals surface area (Å²) < 4.78 is 12.3. The molecule has 1 aliphatic heterocycles. The second kappa shape index (κ2) is 5.73. The Morgan fingerprint density at radius 3 is 3.04 bits per heavy atom. The van der Waals surface area contributed by atoms with Crippen molar-refractivity contribution in [3.05, 3.63) is 66.1 Å². The van der Waals surface area contributed by atoms with E-state index in [9.17, 15) is 4.79 Å². The van der Waals surface area contributed by atoms with Crippen LogP contribution in [-0.4, -0.2) is 27.1 Å². The summed E-state index contributed by atoms with van der Waals surface area (Å²) in [6.45, 7) is 0.658. The van der Waals surface area contributed by atoms with Gasteiger partial charge in [0.1, 0.15) is 5.75 Å². The maximum Gasteiger partial charge on any atom is 0.258 e. The van der Waals surface area contributed by atoms with Crippen LogP contribution in [0, 0.1) is 0 Å². The molecule has 0 aliphatic carbocycles. The highest BCUT2D eigenvalue weighted by Crippen LogP contribution is 2.26. The summed E-state index contributed by atoms with van der Waals surface area (Å²) in [5, 5.41) is 7.18. The average Bonchev–Trinajstić information content (AvgIpc) is 3.39. The number of carbonyl (C=O) groups excluding carboxylic acids is 1. The van der Waals surface area contributed by atoms with Crippen LogP contribution >= 0.6 is 0 Å². The third kappa shape index (κ3) is 2.41. The molecule has 0 radical (unpaired) electrons. The first kappa shape index (κ1) is 14.7. The van der Waals surface area contributed by atoms with Crippen molar-refractivity contribution in [1.29, 1.82) is 0 Å². The molecule has 26 heavy (non-hydrogen) atoms. The summed E-state index contributed by atoms with van der Waals surface area (Å²) in [6.07, 6.45) is 4.06. The van der Waals surface area contributed by atoms with Crippen molar-refractivity contribution in [2.75, 3.05) is 11.9 Å². The number of anilines is 1. The summed E-state index contributed by atoms with van der Waals surface area (Å²) in [4.78, 5) is 16.9. The number of carbonyl (C=O) groups is 1. The number of furan rings is 1. The lowest BCUT2D eigenvalue weighted by Crippen LogP contribution is -2.13. The molecule has 0 atom stereocenters. The molecule has 4 heterocycles. The molecule has 0 saturated carbocycles. The van der Waals surface area contributed by atoms with Crippen LogP contribution in [0.5, 0.6) is 5.75 Å². The van der Waals surface area contributed by atoms with Crippen LogP contribution in [0.4, 0.5) is 5.95 Å². The average molecular weight is 346 g/mol. The van der Waals surface area contributed by atoms with Gasteiger partial charge in [-0.25, -0.2) is 4.52 Å². The molecule has 4 aromatic rings. The minimum atomic E-state index is -0.250. The maximum absolute atomic E-state index is 12.5. The Kier molecular flexibility index (Phi) is 3.24. The monoisotopic (exact) mass is 346 g/mol. The molecule has 5 rings (SSSR count). The van der Waals surface area contributed by atoms with Crippen LogP contribution < -0.4 is 10.1 Å². The van der Waals surface area contributed by atoms with Gasteiger partial charge in [0.25, 0.3) is 5.91 Å². The number of pyridine rings is 1. The lowest BCUT2D eigenvalue weighted by molar-refractivity contribution is 0.102. The van der Waals surface area contributed by atoms with Gasteiger partial charge in [-0.05, 0) is 42.0 Å². The van der Waals surface area contributed by atoms with Crippen molar-refractivity contribution < 1.29 is 13.9 Å². The van der Waals surface area contributed by atoms with Gasteiger partial charge in [-0.3, -0.25) is 10.1 Å². The standard InChI is InChI=1S/C19H14N4O3/c24-18(13-4-5-16-12(10-13)7-9-26-16)21-19-20-17-3-1-2-15(23(17)22-19)14-6-8-25-11-14/h1-6,8,10-11H,7,9H2,(H,21,22,24). The van der Waals surface area contributed by atoms with Gasteiger partial charge in [-0.2, -0.15) is 4.98 Å². The minimum absolute atomic E-state index is 0.250. The van der Waals surface area contributed by atoms with Crippen molar-refractivity contribution >= 4 is 17.5 Å². The highest BCUT2D eigenvalue weighted by Gasteiger charge is 2.17. The third-order valence-corrected chi connectivity index (χ3v) is 4.35. The van der Waals surface area contributed by atoms with E-state index in [2.05, 4.69) is 15.4 Å². The van der Waals surface area contributed by atoms with E-state index >= 15 is 0 Å². The van der Waals surface area contributed by atoms with Crippen molar-refractivity contribution in [3.8, 4) is 17.0 Å². The third-order valence-electron chi connectivity index (χ3n) is 4.35. The zero-order valence-corrected chi connectivity index (χ0v) is 13.7. The summed E-state index contributed by atoms with van der Waals surface area (Å²) in [5.41, 5.74) is 3.96. The molecular formula is C19H14N4O3. The summed E-state index contributed by atoms with van der Waals surface area (Å²) >= 11 is 0. The maximum atomic E-state index is 12.5. The predicted molar refractivity (Wildman–Crippen MR) is 94.3 cm³/mol. The van der Waals surface area contributed by atoms with Gasteiger partial charge in [0.15, 0.2) is 5.65 Å². The molecule has 3 aromatic heterocycles. The van der Waals surface area contributed by atoms with Gasteiger partial charge in [0.2, 0.25) is 5.95 Å². The largest absolute Gasteiger partial charge is 0.493 e. The first-order valence-electron chi connectivity index (χ1n) is 8.23. The molecule has 7 nitrogen and oxygen atoms in total. The fourth-order valence-corrected chi connectivity index (χ4v) is 3.09. The number of ether oxygens (including phenoxy) is 1. The number of rotatable bonds is 3. The van der Waals surface area contributed by atoms with Crippen LogP contribution in [0.1, 0.15) is 15.9 Å². The van der Waals surface area contributed by atoms with E-state index in [1.807, 2.05) is 36.4 Å². The van der Waals surface area contributed by atoms with Gasteiger partial charge in [0.05, 0.1) is 24.8 Å². The predicted octanol–water partition coefficient (Wildman–Crippen LogP) is 3.18. The van der Waals surface area contributed by atoms with Crippen LogP contribution in [0.2, 0.25) is 0 Å². The molecule has 1 N–H and O–H groups in total. The van der Waals surface area contributed by atoms with Gasteiger partial charge in [0, 0.05) is 17.5 Å². The highest BCUT2D eigenvalue weighted by atomic mass is 16.5. The summed E-state index contributed by atoms with van der Waals surface area (Å²) in [7, 11) is 0. The number of nitrogens with zero attached hydrogens (tertiary/aromatic N) is 3. The fraction of sp³-hybridized carbons (Fsp3) is 0.105. The Hall–Kier alpha value is -3.61. The van der Waals surface area contributed by atoms with Gasteiger partial charge in [-0.1, -0.05) is 6.07 Å². The Morgan fingerprint density at radius 2 is 2.15 bits per heavy atom. The van der Waals surface area contributed by atoms with Crippen molar-refractivity contribution in [2.45, 2.75) is 6.42 Å². The first-order valence-corrected chi connectivity index (χ1v) is 8.23. The molecule has 0 saturated heterocycles. The first-order chi connectivity index (χ1) is 12.8. The number of hydrogen-bond donors (Lipinski definition) is 1. The zero-order chi connectivity index (χ0) is 17.5. The van der Waals surface area contributed by atoms with Gasteiger partial charge >= 0.3 is 0 Å². The Morgan fingerprint density at radius 1 is 1.19 bits per heavy atom. The lowest BCUT2D eigenvalue weighted by atomic mass is 10.1. The Balaban J connectivity index is 1.46. The number of nitrogens with one attached hydrogen (secondary N) is 1. The summed E-state index contributed by atoms with van der Waals surface area (Å²) in [5.74, 6) is 0.848. The number of aromatic nitrogens is 3. The number of benzene rings is 1. The summed E-state index contributed by atoms with van der Waals surface area (Å²) in [6, 6.07) is 12.9. The SMILES string of the molecule is O=C(Nc1nc2cccc(-c3ccoc3)n2n1)c1ccc2c(c1)CCO2. The second-order valence-corrected chi connectivity index (χ2v) is 6.00. The molecular weight excluding hydrogens is 332 g/mol. The van der Waals surface area contributed by atoms with Crippen molar-refractivity contribution in [1.82, 2.24) is 14.6 Å². The van der Waals surface area contributed by atoms with E-state index in [4.69, 9.17) is 9.15 Å². The minimum Gasteiger partial charge on any atom is -0.493 e. The van der Waals surface area contributed by atoms with E-state index < -0.39 is 0 Å². The van der Waals surface area contributed by atoms with Crippen LogP contribution in [0.15, 0.2) is 59.4 Å². The number of hydrogen-bond acceptors (Lipinski definition) is 5. The molecule has 128 valence electrons. The molecule has 0 unspecified atom stereocenters. The quantitative estimate of drug-likeness (QED) is 0.616. The molecule has 1 amide bonds. The lowest BCUT2D eigenvalue weighted by Gasteiger charge is -2.03. The molecule has 7 heteroatoms. The topological polar surface area (TPSA) is 81.7 Å². The molecule has 1 aromatic carbocycles. The molecule has 0 spiro atoms. The van der Waals surface area contributed by atoms with Crippen molar-refractivity contribution in [2.24, 2.45) is 0 Å². The molecule has 0 fully saturated rings. The van der Waals surface area contributed by atoms with Gasteiger partial charge in [-0.15, -0.1) is 5.10 Å². The highest BCUT2D eigenvalue weighted by molar-refractivity contribution is 6.03. The Labute approximate surface area is 148 Å². The van der Waals surface area contributed by atoms with Gasteiger partial charge < -0.3 is 9.15 Å². The van der Waals surface area contributed by atoms with E-state index in [0.717, 1.165) is 29.0 Å². The van der Waals surface area contributed by atoms with Crippen LogP contribution in [0.25, 0.3) is 16.9 Å². The number of fused-ring (bicyclic) bond motifs is 2. The number of amides is 1. The van der Waals surface area contributed by atoms with E-state index in [1.165, 1.54) is 0 Å². The van der Waals surface area contributed by atoms with E-state index in [0.29, 0.717) is 17.8 Å². The molecule has 0 bridgehead atoms. The van der Waals surface area contributed by atoms with E-state index in [1.54, 1.807) is 23.1 Å². The van der Waals surface area contributed by atoms with Crippen LogP contribution in [0.3, 0.4) is 0 Å².